The molecule has 2 nitrogen and oxygen atoms in total. The molecule has 1 aromatic rings. The van der Waals surface area contributed by atoms with Gasteiger partial charge < -0.3 is 0 Å². The summed E-state index contributed by atoms with van der Waals surface area (Å²) in [4.78, 5) is 10.7. The van der Waals surface area contributed by atoms with Gasteiger partial charge in [-0.3, -0.25) is 4.31 Å². The lowest BCUT2D eigenvalue weighted by atomic mass is 10.2. The highest BCUT2D eigenvalue weighted by molar-refractivity contribution is 8.75. The molecule has 0 atom stereocenters. The van der Waals surface area contributed by atoms with E-state index in [4.69, 9.17) is 0 Å². The van der Waals surface area contributed by atoms with E-state index in [2.05, 4.69) is 0 Å². The molecule has 0 aromatic heterocycles. The second-order valence-corrected chi connectivity index (χ2v) is 5.21. The van der Waals surface area contributed by atoms with Gasteiger partial charge in [0.2, 0.25) is 0 Å². The van der Waals surface area contributed by atoms with E-state index in [9.17, 15) is 22.4 Å². The van der Waals surface area contributed by atoms with E-state index in [-0.39, 0.29) is 0 Å². The van der Waals surface area contributed by atoms with Gasteiger partial charge >= 0.3 is 12.3 Å². The molecule has 0 bridgehead atoms. The number of nitrogens with zero attached hydrogens (tertiary/aromatic N) is 1. The number of halogens is 4. The second-order valence-electron chi connectivity index (χ2n) is 2.93. The van der Waals surface area contributed by atoms with Gasteiger partial charge in [0.1, 0.15) is 0 Å². The summed E-state index contributed by atoms with van der Waals surface area (Å²) in [6.45, 7) is 0. The lowest BCUT2D eigenvalue weighted by molar-refractivity contribution is -0.137. The van der Waals surface area contributed by atoms with Crippen molar-refractivity contribution < 1.29 is 22.4 Å². The zero-order valence-electron chi connectivity index (χ0n) is 8.49. The summed E-state index contributed by atoms with van der Waals surface area (Å²) in [5.74, 6) is 0. The van der Waals surface area contributed by atoms with Crippen LogP contribution in [-0.2, 0) is 6.18 Å². The predicted octanol–water partition coefficient (Wildman–Crippen LogP) is 4.38. The summed E-state index contributed by atoms with van der Waals surface area (Å²) < 4.78 is 49.5. The van der Waals surface area contributed by atoms with Crippen molar-refractivity contribution in [2.75, 3.05) is 7.05 Å². The van der Waals surface area contributed by atoms with E-state index in [1.54, 1.807) is 0 Å². The molecule has 0 radical (unpaired) electrons. The molecule has 1 aromatic carbocycles. The number of alkyl halides is 3. The van der Waals surface area contributed by atoms with Crippen LogP contribution in [0.3, 0.4) is 0 Å². The van der Waals surface area contributed by atoms with Crippen LogP contribution in [0.4, 0.5) is 22.4 Å². The minimum Gasteiger partial charge on any atom is -0.251 e. The molecule has 0 fully saturated rings. The van der Waals surface area contributed by atoms with Gasteiger partial charge in [-0.2, -0.15) is 13.2 Å². The second kappa shape index (κ2) is 5.63. The van der Waals surface area contributed by atoms with Crippen LogP contribution in [0, 0.1) is 0 Å². The van der Waals surface area contributed by atoms with Gasteiger partial charge in [0.25, 0.3) is 0 Å². The van der Waals surface area contributed by atoms with Crippen LogP contribution in [0.25, 0.3) is 0 Å². The maximum atomic E-state index is 12.2. The third kappa shape index (κ3) is 4.47. The van der Waals surface area contributed by atoms with Crippen molar-refractivity contribution in [1.82, 2.24) is 4.31 Å². The van der Waals surface area contributed by atoms with Crippen LogP contribution in [0.15, 0.2) is 29.2 Å². The third-order valence-electron chi connectivity index (χ3n) is 1.67. The Morgan fingerprint density at radius 2 is 1.76 bits per heavy atom. The van der Waals surface area contributed by atoms with Crippen molar-refractivity contribution in [3.63, 3.8) is 0 Å². The maximum absolute atomic E-state index is 12.2. The highest BCUT2D eigenvalue weighted by Crippen LogP contribution is 2.35. The lowest BCUT2D eigenvalue weighted by Crippen LogP contribution is -2.10. The van der Waals surface area contributed by atoms with Gasteiger partial charge in [-0.1, -0.05) is 0 Å². The quantitative estimate of drug-likeness (QED) is 0.270. The average Bonchev–Trinajstić information content (AvgIpc) is 2.25. The fourth-order valence-electron chi connectivity index (χ4n) is 0.828. The number of rotatable bonds is 3. The van der Waals surface area contributed by atoms with E-state index in [0.29, 0.717) is 4.90 Å². The summed E-state index contributed by atoms with van der Waals surface area (Å²) in [5, 5.41) is 0. The molecular formula is C9H7F4NOS2. The van der Waals surface area contributed by atoms with Gasteiger partial charge in [0.05, 0.1) is 5.56 Å². The molecule has 8 heteroatoms. The predicted molar refractivity (Wildman–Crippen MR) is 59.2 cm³/mol. The topological polar surface area (TPSA) is 20.3 Å². The Morgan fingerprint density at radius 1 is 1.24 bits per heavy atom. The fraction of sp³-hybridized carbons (Fsp3) is 0.222. The first-order valence-corrected chi connectivity index (χ1v) is 6.36. The van der Waals surface area contributed by atoms with E-state index in [0.717, 1.165) is 38.2 Å². The molecule has 17 heavy (non-hydrogen) atoms. The van der Waals surface area contributed by atoms with Crippen molar-refractivity contribution >= 4 is 27.9 Å². The Bertz CT molecular complexity index is 393. The SMILES string of the molecule is CN(SSc1ccc(C(F)(F)F)cc1)C(=O)F. The molecule has 0 saturated carbocycles. The molecule has 0 N–H and O–H groups in total. The molecule has 0 saturated heterocycles. The fourth-order valence-corrected chi connectivity index (χ4v) is 2.43. The molecule has 0 aliphatic heterocycles. The number of carbonyl (C=O) groups is 1. The van der Waals surface area contributed by atoms with Gasteiger partial charge in [-0.25, -0.2) is 4.79 Å². The van der Waals surface area contributed by atoms with E-state index in [1.807, 2.05) is 0 Å². The molecule has 0 unspecified atom stereocenters. The largest absolute Gasteiger partial charge is 0.416 e. The van der Waals surface area contributed by atoms with Gasteiger partial charge in [0, 0.05) is 22.9 Å². The Morgan fingerprint density at radius 3 is 2.18 bits per heavy atom. The zero-order valence-corrected chi connectivity index (χ0v) is 10.1. The number of amides is 1. The minimum atomic E-state index is -4.37. The number of benzene rings is 1. The highest BCUT2D eigenvalue weighted by Gasteiger charge is 2.29. The van der Waals surface area contributed by atoms with Crippen molar-refractivity contribution in [2.45, 2.75) is 11.1 Å². The van der Waals surface area contributed by atoms with Gasteiger partial charge in [-0.05, 0) is 35.1 Å². The lowest BCUT2D eigenvalue weighted by Gasteiger charge is -2.10. The summed E-state index contributed by atoms with van der Waals surface area (Å²) >= 11 is 0. The van der Waals surface area contributed by atoms with E-state index in [1.165, 1.54) is 19.2 Å². The first-order valence-electron chi connectivity index (χ1n) is 4.26. The molecular weight excluding hydrogens is 278 g/mol. The van der Waals surface area contributed by atoms with Crippen molar-refractivity contribution in [1.29, 1.82) is 0 Å². The standard InChI is InChI=1S/C9H7F4NOS2/c1-14(8(10)15)17-16-7-4-2-6(3-5-7)9(11,12)13/h2-5H,1H3. The molecule has 94 valence electrons. The number of carbonyl (C=O) groups excluding carboxylic acids is 1. The van der Waals surface area contributed by atoms with Crippen LogP contribution in [0.1, 0.15) is 5.56 Å². The molecule has 1 rings (SSSR count). The van der Waals surface area contributed by atoms with Crippen molar-refractivity contribution in [3.8, 4) is 0 Å². The monoisotopic (exact) mass is 285 g/mol. The summed E-state index contributed by atoms with van der Waals surface area (Å²) in [7, 11) is 3.01. The Balaban J connectivity index is 2.60. The Kier molecular flexibility index (Phi) is 4.70. The normalized spacial score (nSPS) is 11.4. The molecule has 0 heterocycles. The summed E-state index contributed by atoms with van der Waals surface area (Å²) in [6.07, 6.45) is -5.99. The van der Waals surface area contributed by atoms with Crippen LogP contribution in [-0.4, -0.2) is 17.5 Å². The molecule has 0 aliphatic rings. The number of hydrogen-bond acceptors (Lipinski definition) is 3. The third-order valence-corrected chi connectivity index (χ3v) is 4.05. The van der Waals surface area contributed by atoms with E-state index < -0.39 is 17.9 Å². The van der Waals surface area contributed by atoms with Crippen LogP contribution >= 0.6 is 21.8 Å². The summed E-state index contributed by atoms with van der Waals surface area (Å²) in [5.41, 5.74) is -0.748. The summed E-state index contributed by atoms with van der Waals surface area (Å²) in [6, 6.07) is 4.38. The smallest absolute Gasteiger partial charge is 0.251 e. The van der Waals surface area contributed by atoms with Crippen LogP contribution in [0.2, 0.25) is 0 Å². The van der Waals surface area contributed by atoms with Gasteiger partial charge in [-0.15, -0.1) is 4.39 Å². The Labute approximate surface area is 103 Å². The van der Waals surface area contributed by atoms with Gasteiger partial charge in [0.15, 0.2) is 0 Å². The number of hydrogen-bond donors (Lipinski definition) is 0. The maximum Gasteiger partial charge on any atom is 0.416 e. The van der Waals surface area contributed by atoms with Crippen molar-refractivity contribution in [3.05, 3.63) is 29.8 Å². The highest BCUT2D eigenvalue weighted by atomic mass is 33.1. The minimum absolute atomic E-state index is 0.496. The van der Waals surface area contributed by atoms with Crippen LogP contribution < -0.4 is 0 Å². The molecule has 1 amide bonds. The Hall–Kier alpha value is -0.890. The van der Waals surface area contributed by atoms with Crippen LogP contribution in [0.5, 0.6) is 0 Å². The average molecular weight is 285 g/mol. The molecule has 0 aliphatic carbocycles. The van der Waals surface area contributed by atoms with E-state index >= 15 is 0 Å². The first kappa shape index (κ1) is 14.2. The zero-order chi connectivity index (χ0) is 13.1. The van der Waals surface area contributed by atoms with Crippen molar-refractivity contribution in [2.24, 2.45) is 0 Å². The first-order chi connectivity index (χ1) is 7.80. The molecule has 0 spiro atoms.